The fraction of sp³-hybridized carbons (Fsp3) is 1.00. The van der Waals surface area contributed by atoms with Crippen LogP contribution in [0.25, 0.3) is 0 Å². The summed E-state index contributed by atoms with van der Waals surface area (Å²) in [5.41, 5.74) is 0. The lowest BCUT2D eigenvalue weighted by Crippen LogP contribution is -2.38. The van der Waals surface area contributed by atoms with Crippen molar-refractivity contribution in [3.05, 3.63) is 0 Å². The summed E-state index contributed by atoms with van der Waals surface area (Å²) in [6.45, 7) is 4.77. The molecule has 0 spiro atoms. The van der Waals surface area contributed by atoms with E-state index in [0.29, 0.717) is 12.1 Å². The first kappa shape index (κ1) is 9.96. The van der Waals surface area contributed by atoms with Crippen LogP contribution in [0.15, 0.2) is 0 Å². The molecule has 1 fully saturated rings. The minimum Gasteiger partial charge on any atom is -0.396 e. The lowest BCUT2D eigenvalue weighted by molar-refractivity contribution is 0.262. The molecule has 12 heavy (non-hydrogen) atoms. The third kappa shape index (κ3) is 3.09. The summed E-state index contributed by atoms with van der Waals surface area (Å²) in [4.78, 5) is 2.34. The Bertz CT molecular complexity index is 130. The van der Waals surface area contributed by atoms with Gasteiger partial charge in [0.25, 0.3) is 0 Å². The molecule has 0 bridgehead atoms. The van der Waals surface area contributed by atoms with E-state index in [9.17, 15) is 0 Å². The van der Waals surface area contributed by atoms with Crippen LogP contribution >= 0.6 is 0 Å². The Kier molecular flexibility index (Phi) is 3.98. The lowest BCUT2D eigenvalue weighted by atomic mass is 10.2. The predicted molar refractivity (Wildman–Crippen MR) is 50.2 cm³/mol. The minimum absolute atomic E-state index is 0.288. The van der Waals surface area contributed by atoms with Crippen LogP contribution in [0.1, 0.15) is 19.8 Å². The third-order valence-corrected chi connectivity index (χ3v) is 2.47. The van der Waals surface area contributed by atoms with E-state index in [0.717, 1.165) is 13.0 Å². The Morgan fingerprint density at radius 2 is 2.42 bits per heavy atom. The summed E-state index contributed by atoms with van der Waals surface area (Å²) in [5.74, 6) is 0. The SMILES string of the molecule is CC(CCO)NC1CCN(C)C1. The van der Waals surface area contributed by atoms with Crippen molar-refractivity contribution in [2.24, 2.45) is 0 Å². The predicted octanol–water partition coefficient (Wildman–Crippen LogP) is 0.0510. The zero-order chi connectivity index (χ0) is 8.97. The van der Waals surface area contributed by atoms with E-state index in [-0.39, 0.29) is 6.61 Å². The van der Waals surface area contributed by atoms with Gasteiger partial charge in [-0.25, -0.2) is 0 Å². The normalized spacial score (nSPS) is 27.8. The van der Waals surface area contributed by atoms with Crippen molar-refractivity contribution in [1.82, 2.24) is 10.2 Å². The summed E-state index contributed by atoms with van der Waals surface area (Å²) in [6, 6.07) is 1.09. The van der Waals surface area contributed by atoms with Crippen LogP contribution in [0.2, 0.25) is 0 Å². The molecule has 0 amide bonds. The van der Waals surface area contributed by atoms with Crippen molar-refractivity contribution >= 4 is 0 Å². The van der Waals surface area contributed by atoms with E-state index < -0.39 is 0 Å². The maximum Gasteiger partial charge on any atom is 0.0445 e. The third-order valence-electron chi connectivity index (χ3n) is 2.47. The smallest absolute Gasteiger partial charge is 0.0445 e. The maximum atomic E-state index is 8.71. The molecule has 1 heterocycles. The highest BCUT2D eigenvalue weighted by Crippen LogP contribution is 2.07. The van der Waals surface area contributed by atoms with Crippen LogP contribution in [-0.4, -0.2) is 48.8 Å². The number of likely N-dealkylation sites (N-methyl/N-ethyl adjacent to an activating group) is 1. The second-order valence-corrected chi connectivity index (χ2v) is 3.83. The van der Waals surface area contributed by atoms with E-state index in [1.807, 2.05) is 0 Å². The van der Waals surface area contributed by atoms with Crippen molar-refractivity contribution in [1.29, 1.82) is 0 Å². The molecule has 0 aromatic heterocycles. The number of likely N-dealkylation sites (tertiary alicyclic amines) is 1. The van der Waals surface area contributed by atoms with Gasteiger partial charge in [0.05, 0.1) is 0 Å². The number of aliphatic hydroxyl groups excluding tert-OH is 1. The van der Waals surface area contributed by atoms with Crippen molar-refractivity contribution in [3.63, 3.8) is 0 Å². The van der Waals surface area contributed by atoms with Crippen molar-refractivity contribution in [3.8, 4) is 0 Å². The minimum atomic E-state index is 0.288. The van der Waals surface area contributed by atoms with Crippen molar-refractivity contribution < 1.29 is 5.11 Å². The zero-order valence-corrected chi connectivity index (χ0v) is 8.08. The van der Waals surface area contributed by atoms with E-state index in [2.05, 4.69) is 24.2 Å². The molecule has 0 saturated carbocycles. The van der Waals surface area contributed by atoms with Crippen LogP contribution in [-0.2, 0) is 0 Å². The van der Waals surface area contributed by atoms with Gasteiger partial charge in [0, 0.05) is 25.2 Å². The number of nitrogens with one attached hydrogen (secondary N) is 1. The summed E-state index contributed by atoms with van der Waals surface area (Å²) in [7, 11) is 2.15. The molecule has 1 aliphatic rings. The monoisotopic (exact) mass is 172 g/mol. The molecule has 2 unspecified atom stereocenters. The topological polar surface area (TPSA) is 35.5 Å². The zero-order valence-electron chi connectivity index (χ0n) is 8.08. The highest BCUT2D eigenvalue weighted by molar-refractivity contribution is 4.80. The highest BCUT2D eigenvalue weighted by Gasteiger charge is 2.19. The number of rotatable bonds is 4. The molecule has 1 aliphatic heterocycles. The Morgan fingerprint density at radius 3 is 2.92 bits per heavy atom. The molecule has 0 aromatic rings. The number of hydrogen-bond acceptors (Lipinski definition) is 3. The molecule has 2 atom stereocenters. The first-order valence-electron chi connectivity index (χ1n) is 4.78. The Hall–Kier alpha value is -0.120. The highest BCUT2D eigenvalue weighted by atomic mass is 16.3. The molecule has 3 nitrogen and oxygen atoms in total. The quantitative estimate of drug-likeness (QED) is 0.629. The molecular weight excluding hydrogens is 152 g/mol. The molecule has 3 heteroatoms. The maximum absolute atomic E-state index is 8.71. The molecule has 72 valence electrons. The summed E-state index contributed by atoms with van der Waals surface area (Å²) in [6.07, 6.45) is 2.10. The number of hydrogen-bond donors (Lipinski definition) is 2. The average molecular weight is 172 g/mol. The van der Waals surface area contributed by atoms with Gasteiger partial charge in [0.2, 0.25) is 0 Å². The molecule has 0 aliphatic carbocycles. The van der Waals surface area contributed by atoms with Gasteiger partial charge in [-0.1, -0.05) is 0 Å². The van der Waals surface area contributed by atoms with Crippen LogP contribution in [0.5, 0.6) is 0 Å². The van der Waals surface area contributed by atoms with E-state index in [4.69, 9.17) is 5.11 Å². The number of aliphatic hydroxyl groups is 1. The molecule has 0 aromatic carbocycles. The van der Waals surface area contributed by atoms with Crippen molar-refractivity contribution in [2.75, 3.05) is 26.7 Å². The van der Waals surface area contributed by atoms with E-state index >= 15 is 0 Å². The molecule has 1 saturated heterocycles. The average Bonchev–Trinajstić information content (AvgIpc) is 2.36. The second-order valence-electron chi connectivity index (χ2n) is 3.83. The molecular formula is C9H20N2O. The van der Waals surface area contributed by atoms with Crippen LogP contribution in [0.4, 0.5) is 0 Å². The van der Waals surface area contributed by atoms with E-state index in [1.165, 1.54) is 13.0 Å². The fourth-order valence-electron chi connectivity index (χ4n) is 1.75. The summed E-state index contributed by atoms with van der Waals surface area (Å²) in [5, 5.41) is 12.2. The Balaban J connectivity index is 2.14. The van der Waals surface area contributed by atoms with Gasteiger partial charge in [0.15, 0.2) is 0 Å². The summed E-state index contributed by atoms with van der Waals surface area (Å²) < 4.78 is 0. The Morgan fingerprint density at radius 1 is 1.67 bits per heavy atom. The molecule has 2 N–H and O–H groups in total. The fourth-order valence-corrected chi connectivity index (χ4v) is 1.75. The summed E-state index contributed by atoms with van der Waals surface area (Å²) >= 11 is 0. The van der Waals surface area contributed by atoms with Crippen LogP contribution in [0.3, 0.4) is 0 Å². The van der Waals surface area contributed by atoms with Gasteiger partial charge >= 0.3 is 0 Å². The van der Waals surface area contributed by atoms with Crippen LogP contribution in [0, 0.1) is 0 Å². The first-order valence-corrected chi connectivity index (χ1v) is 4.78. The second kappa shape index (κ2) is 4.80. The van der Waals surface area contributed by atoms with Gasteiger partial charge in [-0.3, -0.25) is 0 Å². The Labute approximate surface area is 74.8 Å². The van der Waals surface area contributed by atoms with Gasteiger partial charge in [-0.15, -0.1) is 0 Å². The van der Waals surface area contributed by atoms with Gasteiger partial charge in [-0.05, 0) is 33.4 Å². The number of nitrogens with zero attached hydrogens (tertiary/aromatic N) is 1. The molecule has 1 rings (SSSR count). The molecule has 0 radical (unpaired) electrons. The lowest BCUT2D eigenvalue weighted by Gasteiger charge is -2.18. The first-order chi connectivity index (χ1) is 5.72. The largest absolute Gasteiger partial charge is 0.396 e. The van der Waals surface area contributed by atoms with Gasteiger partial charge < -0.3 is 15.3 Å². The van der Waals surface area contributed by atoms with Gasteiger partial charge in [0.1, 0.15) is 0 Å². The van der Waals surface area contributed by atoms with E-state index in [1.54, 1.807) is 0 Å². The van der Waals surface area contributed by atoms with Crippen molar-refractivity contribution in [2.45, 2.75) is 31.8 Å². The van der Waals surface area contributed by atoms with Gasteiger partial charge in [-0.2, -0.15) is 0 Å². The van der Waals surface area contributed by atoms with Crippen LogP contribution < -0.4 is 5.32 Å². The standard InChI is InChI=1S/C9H20N2O/c1-8(4-6-12)10-9-3-5-11(2)7-9/h8-10,12H,3-7H2,1-2H3.